The Hall–Kier alpha value is -2.72. The van der Waals surface area contributed by atoms with Crippen molar-refractivity contribution in [2.75, 3.05) is 6.61 Å². The van der Waals surface area contributed by atoms with Crippen LogP contribution in [0.1, 0.15) is 29.8 Å². The summed E-state index contributed by atoms with van der Waals surface area (Å²) in [6.45, 7) is 2.75. The molecule has 0 aliphatic carbocycles. The zero-order valence-electron chi connectivity index (χ0n) is 13.7. The lowest BCUT2D eigenvalue weighted by Gasteiger charge is -2.18. The van der Waals surface area contributed by atoms with E-state index < -0.39 is 40.9 Å². The van der Waals surface area contributed by atoms with Crippen LogP contribution in [0.3, 0.4) is 0 Å². The van der Waals surface area contributed by atoms with Gasteiger partial charge in [-0.1, -0.05) is 0 Å². The number of H-pyrrole nitrogens is 2. The fourth-order valence-corrected chi connectivity index (χ4v) is 2.98. The van der Waals surface area contributed by atoms with Crippen molar-refractivity contribution in [2.45, 2.75) is 38.6 Å². The Bertz CT molecular complexity index is 1030. The molecule has 1 aliphatic heterocycles. The molecular formula is C15H18N4O6. The highest BCUT2D eigenvalue weighted by Crippen LogP contribution is 2.35. The van der Waals surface area contributed by atoms with E-state index in [0.717, 1.165) is 0 Å². The number of aryl methyl sites for hydroxylation is 2. The Balaban J connectivity index is 2.02. The predicted octanol–water partition coefficient (Wildman–Crippen LogP) is -1.48. The SMILES string of the molecule is Cc1cn([C@@H]2C[C@H](n3cc(C)c(=O)[nH]c3=O)O[C@@H]2CO)c(=O)[nH]c1=O. The molecule has 0 bridgehead atoms. The average Bonchev–Trinajstić information content (AvgIpc) is 2.98. The maximum atomic E-state index is 12.1. The number of aromatic amines is 2. The standard InChI is InChI=1S/C15H18N4O6/c1-7-4-18(14(23)16-12(7)21)9-3-11(25-10(9)6-20)19-5-8(2)13(22)17-15(19)24/h4-5,9-11,20H,3,6H2,1-2H3,(H,16,21,23)(H,17,22,24)/t9-,10-,11-/m1/s1. The number of aliphatic hydroxyl groups excluding tert-OH is 1. The number of nitrogens with one attached hydrogen (secondary N) is 2. The molecule has 0 spiro atoms. The van der Waals surface area contributed by atoms with Crippen LogP contribution in [0.4, 0.5) is 0 Å². The van der Waals surface area contributed by atoms with E-state index in [2.05, 4.69) is 9.97 Å². The number of rotatable bonds is 3. The second-order valence-corrected chi connectivity index (χ2v) is 6.07. The van der Waals surface area contributed by atoms with Crippen LogP contribution in [0.5, 0.6) is 0 Å². The first kappa shape index (κ1) is 17.1. The van der Waals surface area contributed by atoms with E-state index in [1.165, 1.54) is 21.5 Å². The molecule has 3 atom stereocenters. The summed E-state index contributed by atoms with van der Waals surface area (Å²) in [4.78, 5) is 51.6. The maximum absolute atomic E-state index is 12.1. The van der Waals surface area contributed by atoms with Crippen molar-refractivity contribution in [1.29, 1.82) is 0 Å². The maximum Gasteiger partial charge on any atom is 0.330 e. The van der Waals surface area contributed by atoms with Crippen molar-refractivity contribution in [3.05, 3.63) is 65.2 Å². The molecule has 2 aromatic rings. The average molecular weight is 350 g/mol. The molecule has 10 heteroatoms. The largest absolute Gasteiger partial charge is 0.394 e. The quantitative estimate of drug-likeness (QED) is 0.617. The summed E-state index contributed by atoms with van der Waals surface area (Å²) in [5, 5.41) is 9.59. The minimum Gasteiger partial charge on any atom is -0.394 e. The smallest absolute Gasteiger partial charge is 0.330 e. The van der Waals surface area contributed by atoms with Crippen LogP contribution in [0.15, 0.2) is 31.6 Å². The molecule has 3 N–H and O–H groups in total. The van der Waals surface area contributed by atoms with Gasteiger partial charge in [-0.3, -0.25) is 28.7 Å². The molecule has 3 rings (SSSR count). The number of nitrogens with zero attached hydrogens (tertiary/aromatic N) is 2. The van der Waals surface area contributed by atoms with Gasteiger partial charge in [0.05, 0.1) is 12.6 Å². The van der Waals surface area contributed by atoms with Gasteiger partial charge in [0.15, 0.2) is 0 Å². The van der Waals surface area contributed by atoms with Crippen LogP contribution >= 0.6 is 0 Å². The van der Waals surface area contributed by atoms with Gasteiger partial charge < -0.3 is 9.84 Å². The third-order valence-corrected chi connectivity index (χ3v) is 4.34. The molecule has 0 aromatic carbocycles. The summed E-state index contributed by atoms with van der Waals surface area (Å²) in [6.07, 6.45) is 1.49. The lowest BCUT2D eigenvalue weighted by Crippen LogP contribution is -2.36. The van der Waals surface area contributed by atoms with Crippen LogP contribution in [0, 0.1) is 13.8 Å². The first-order chi connectivity index (χ1) is 11.8. The van der Waals surface area contributed by atoms with Crippen molar-refractivity contribution in [1.82, 2.24) is 19.1 Å². The minimum absolute atomic E-state index is 0.210. The Morgan fingerprint density at radius 3 is 2.12 bits per heavy atom. The van der Waals surface area contributed by atoms with Gasteiger partial charge in [0, 0.05) is 29.9 Å². The van der Waals surface area contributed by atoms with Gasteiger partial charge in [0.2, 0.25) is 0 Å². The molecule has 0 unspecified atom stereocenters. The van der Waals surface area contributed by atoms with Crippen LogP contribution in [0.25, 0.3) is 0 Å². The summed E-state index contributed by atoms with van der Waals surface area (Å²) < 4.78 is 8.22. The highest BCUT2D eigenvalue weighted by Gasteiger charge is 2.38. The van der Waals surface area contributed by atoms with Gasteiger partial charge in [-0.2, -0.15) is 0 Å². The fraction of sp³-hybridized carbons (Fsp3) is 0.467. The highest BCUT2D eigenvalue weighted by atomic mass is 16.5. The van der Waals surface area contributed by atoms with Crippen molar-refractivity contribution in [3.8, 4) is 0 Å². The Kier molecular flexibility index (Phi) is 4.31. The zero-order valence-corrected chi connectivity index (χ0v) is 13.7. The Labute approximate surface area is 140 Å². The molecular weight excluding hydrogens is 332 g/mol. The van der Waals surface area contributed by atoms with Crippen LogP contribution in [-0.4, -0.2) is 36.9 Å². The Morgan fingerprint density at radius 2 is 1.56 bits per heavy atom. The zero-order chi connectivity index (χ0) is 18.3. The molecule has 1 aliphatic rings. The number of aromatic nitrogens is 4. The van der Waals surface area contributed by atoms with Crippen LogP contribution in [-0.2, 0) is 4.74 Å². The lowest BCUT2D eigenvalue weighted by molar-refractivity contribution is -0.0318. The molecule has 0 amide bonds. The third-order valence-electron chi connectivity index (χ3n) is 4.34. The van der Waals surface area contributed by atoms with Gasteiger partial charge in [0.1, 0.15) is 12.3 Å². The molecule has 10 nitrogen and oxygen atoms in total. The van der Waals surface area contributed by atoms with Gasteiger partial charge in [-0.25, -0.2) is 9.59 Å². The molecule has 0 radical (unpaired) electrons. The molecule has 3 heterocycles. The third kappa shape index (κ3) is 3.01. The van der Waals surface area contributed by atoms with E-state index in [0.29, 0.717) is 11.1 Å². The summed E-state index contributed by atoms with van der Waals surface area (Å²) in [7, 11) is 0. The highest BCUT2D eigenvalue weighted by molar-refractivity contribution is 5.05. The van der Waals surface area contributed by atoms with E-state index in [9.17, 15) is 24.3 Å². The minimum atomic E-state index is -0.760. The summed E-state index contributed by atoms with van der Waals surface area (Å²) in [5.74, 6) is 0. The summed E-state index contributed by atoms with van der Waals surface area (Å²) in [5.41, 5.74) is -1.54. The van der Waals surface area contributed by atoms with Gasteiger partial charge >= 0.3 is 11.4 Å². The van der Waals surface area contributed by atoms with Gasteiger partial charge in [-0.15, -0.1) is 0 Å². The number of hydrogen-bond donors (Lipinski definition) is 3. The van der Waals surface area contributed by atoms with E-state index in [4.69, 9.17) is 4.74 Å². The van der Waals surface area contributed by atoms with Crippen molar-refractivity contribution < 1.29 is 9.84 Å². The Morgan fingerprint density at radius 1 is 1.04 bits per heavy atom. The summed E-state index contributed by atoms with van der Waals surface area (Å²) in [6, 6.07) is -0.572. The number of hydrogen-bond acceptors (Lipinski definition) is 6. The van der Waals surface area contributed by atoms with Gasteiger partial charge in [0.25, 0.3) is 11.1 Å². The van der Waals surface area contributed by atoms with Crippen LogP contribution in [0.2, 0.25) is 0 Å². The molecule has 134 valence electrons. The van der Waals surface area contributed by atoms with Crippen LogP contribution < -0.4 is 22.5 Å². The molecule has 0 saturated carbocycles. The fourth-order valence-electron chi connectivity index (χ4n) is 2.98. The molecule has 25 heavy (non-hydrogen) atoms. The first-order valence-electron chi connectivity index (χ1n) is 7.72. The monoisotopic (exact) mass is 350 g/mol. The second kappa shape index (κ2) is 6.30. The lowest BCUT2D eigenvalue weighted by atomic mass is 10.1. The van der Waals surface area contributed by atoms with Crippen molar-refractivity contribution >= 4 is 0 Å². The normalized spacial score (nSPS) is 23.1. The van der Waals surface area contributed by atoms with E-state index in [1.807, 2.05) is 0 Å². The van der Waals surface area contributed by atoms with E-state index >= 15 is 0 Å². The molecule has 2 aromatic heterocycles. The summed E-state index contributed by atoms with van der Waals surface area (Å²) >= 11 is 0. The molecule has 1 fully saturated rings. The van der Waals surface area contributed by atoms with E-state index in [-0.39, 0.29) is 13.0 Å². The van der Waals surface area contributed by atoms with Gasteiger partial charge in [-0.05, 0) is 13.8 Å². The van der Waals surface area contributed by atoms with E-state index in [1.54, 1.807) is 13.8 Å². The number of ether oxygens (including phenoxy) is 1. The van der Waals surface area contributed by atoms with Crippen molar-refractivity contribution in [2.24, 2.45) is 0 Å². The first-order valence-corrected chi connectivity index (χ1v) is 7.72. The second-order valence-electron chi connectivity index (χ2n) is 6.07. The predicted molar refractivity (Wildman–Crippen MR) is 86.8 cm³/mol. The number of aliphatic hydroxyl groups is 1. The van der Waals surface area contributed by atoms with Crippen molar-refractivity contribution in [3.63, 3.8) is 0 Å². The topological polar surface area (TPSA) is 139 Å². The molecule has 1 saturated heterocycles.